The molecule has 0 saturated heterocycles. The molecule has 2 N–H and O–H groups in total. The number of carbonyl (C=O) groups is 3. The Hall–Kier alpha value is -3.80. The zero-order chi connectivity index (χ0) is 21.0. The van der Waals surface area contributed by atoms with Crippen LogP contribution in [-0.2, 0) is 0 Å². The van der Waals surface area contributed by atoms with Crippen molar-refractivity contribution in [2.75, 3.05) is 10.6 Å². The van der Waals surface area contributed by atoms with Crippen molar-refractivity contribution in [1.82, 2.24) is 4.98 Å². The van der Waals surface area contributed by atoms with Crippen LogP contribution in [-0.4, -0.2) is 22.6 Å². The number of nitrogens with one attached hydrogen (secondary N) is 2. The number of ketones is 1. The number of aryl methyl sites for hydroxylation is 2. The van der Waals surface area contributed by atoms with Crippen LogP contribution in [0.5, 0.6) is 0 Å². The van der Waals surface area contributed by atoms with Gasteiger partial charge in [0.25, 0.3) is 11.8 Å². The molecule has 2 amide bonds. The topological polar surface area (TPSA) is 88.2 Å². The van der Waals surface area contributed by atoms with E-state index in [4.69, 9.17) is 0 Å². The fourth-order valence-electron chi connectivity index (χ4n) is 2.70. The highest BCUT2D eigenvalue weighted by Gasteiger charge is 2.13. The van der Waals surface area contributed by atoms with E-state index < -0.39 is 5.91 Å². The summed E-state index contributed by atoms with van der Waals surface area (Å²) in [5, 5.41) is 5.54. The van der Waals surface area contributed by atoms with Crippen molar-refractivity contribution in [3.05, 3.63) is 88.7 Å². The lowest BCUT2D eigenvalue weighted by Gasteiger charge is -2.09. The number of rotatable bonds is 5. The van der Waals surface area contributed by atoms with E-state index in [1.165, 1.54) is 19.2 Å². The maximum atomic E-state index is 12.5. The maximum absolute atomic E-state index is 12.5. The number of nitrogens with zero attached hydrogens (tertiary/aromatic N) is 1. The predicted octanol–water partition coefficient (Wildman–Crippen LogP) is 4.41. The summed E-state index contributed by atoms with van der Waals surface area (Å²) >= 11 is 0. The number of amides is 2. The third kappa shape index (κ3) is 4.93. The van der Waals surface area contributed by atoms with Gasteiger partial charge in [-0.05, 0) is 80.4 Å². The van der Waals surface area contributed by atoms with Crippen LogP contribution in [0.4, 0.5) is 11.4 Å². The van der Waals surface area contributed by atoms with Crippen LogP contribution in [0, 0.1) is 13.8 Å². The summed E-state index contributed by atoms with van der Waals surface area (Å²) in [6, 6.07) is 15.2. The molecule has 6 nitrogen and oxygen atoms in total. The summed E-state index contributed by atoms with van der Waals surface area (Å²) < 4.78 is 0. The van der Waals surface area contributed by atoms with Crippen molar-refractivity contribution in [1.29, 1.82) is 0 Å². The number of carbonyl (C=O) groups excluding carboxylic acids is 3. The van der Waals surface area contributed by atoms with Gasteiger partial charge in [0.2, 0.25) is 0 Å². The quantitative estimate of drug-likeness (QED) is 0.635. The molecule has 0 aliphatic carbocycles. The van der Waals surface area contributed by atoms with Crippen LogP contribution in [0.1, 0.15) is 49.3 Å². The first-order chi connectivity index (χ1) is 13.8. The van der Waals surface area contributed by atoms with Gasteiger partial charge in [0.1, 0.15) is 5.69 Å². The normalized spacial score (nSPS) is 10.3. The van der Waals surface area contributed by atoms with Gasteiger partial charge in [-0.15, -0.1) is 0 Å². The number of anilines is 2. The minimum atomic E-state index is -0.443. The lowest BCUT2D eigenvalue weighted by molar-refractivity contribution is 0.101. The van der Waals surface area contributed by atoms with E-state index in [1.807, 2.05) is 32.0 Å². The first-order valence-electron chi connectivity index (χ1n) is 9.10. The van der Waals surface area contributed by atoms with Gasteiger partial charge in [-0.2, -0.15) is 0 Å². The Bertz CT molecular complexity index is 1090. The number of benzene rings is 2. The molecule has 0 aliphatic heterocycles. The van der Waals surface area contributed by atoms with Gasteiger partial charge in [0.15, 0.2) is 5.78 Å². The summed E-state index contributed by atoms with van der Waals surface area (Å²) in [5.41, 5.74) is 4.45. The molecule has 2 aromatic carbocycles. The second-order valence-corrected chi connectivity index (χ2v) is 6.77. The lowest BCUT2D eigenvalue weighted by Crippen LogP contribution is -2.17. The zero-order valence-electron chi connectivity index (χ0n) is 16.4. The van der Waals surface area contributed by atoms with Gasteiger partial charge in [0.05, 0.1) is 0 Å². The highest BCUT2D eigenvalue weighted by molar-refractivity contribution is 6.08. The van der Waals surface area contributed by atoms with E-state index in [0.717, 1.165) is 11.1 Å². The minimum absolute atomic E-state index is 0.0490. The molecule has 1 aromatic heterocycles. The Labute approximate surface area is 169 Å². The molecule has 0 aliphatic rings. The predicted molar refractivity (Wildman–Crippen MR) is 113 cm³/mol. The molecule has 0 saturated carbocycles. The van der Waals surface area contributed by atoms with Crippen LogP contribution < -0.4 is 10.6 Å². The molecule has 3 rings (SSSR count). The standard InChI is InChI=1S/C23H21N3O3/c1-14-4-7-20(12-15(14)2)26-22(28)18-10-11-24-21(13-18)23(29)25-19-8-5-17(6-9-19)16(3)27/h4-13H,1-3H3,(H,25,29)(H,26,28). The monoisotopic (exact) mass is 387 g/mol. The van der Waals surface area contributed by atoms with E-state index >= 15 is 0 Å². The van der Waals surface area contributed by atoms with Crippen molar-refractivity contribution in [3.63, 3.8) is 0 Å². The fourth-order valence-corrected chi connectivity index (χ4v) is 2.70. The highest BCUT2D eigenvalue weighted by atomic mass is 16.2. The molecule has 0 spiro atoms. The van der Waals surface area contributed by atoms with Crippen LogP contribution in [0.25, 0.3) is 0 Å². The van der Waals surface area contributed by atoms with E-state index in [1.54, 1.807) is 30.3 Å². The van der Waals surface area contributed by atoms with E-state index in [0.29, 0.717) is 22.5 Å². The molecule has 1 heterocycles. The Kier molecular flexibility index (Phi) is 5.83. The number of pyridine rings is 1. The third-order valence-corrected chi connectivity index (χ3v) is 4.57. The van der Waals surface area contributed by atoms with Crippen molar-refractivity contribution < 1.29 is 14.4 Å². The van der Waals surface area contributed by atoms with Gasteiger partial charge >= 0.3 is 0 Å². The Morgan fingerprint density at radius 3 is 2.03 bits per heavy atom. The van der Waals surface area contributed by atoms with Crippen LogP contribution in [0.3, 0.4) is 0 Å². The molecule has 0 fully saturated rings. The summed E-state index contributed by atoms with van der Waals surface area (Å²) in [4.78, 5) is 40.4. The summed E-state index contributed by atoms with van der Waals surface area (Å²) in [5.74, 6) is -0.816. The Morgan fingerprint density at radius 1 is 0.724 bits per heavy atom. The molecule has 0 radical (unpaired) electrons. The smallest absolute Gasteiger partial charge is 0.274 e. The SMILES string of the molecule is CC(=O)c1ccc(NC(=O)c2cc(C(=O)Nc3ccc(C)c(C)c3)ccn2)cc1. The zero-order valence-corrected chi connectivity index (χ0v) is 16.4. The minimum Gasteiger partial charge on any atom is -0.322 e. The second kappa shape index (κ2) is 8.48. The molecule has 0 bridgehead atoms. The fraction of sp³-hybridized carbons (Fsp3) is 0.130. The van der Waals surface area contributed by atoms with E-state index in [9.17, 15) is 14.4 Å². The molecule has 6 heteroatoms. The van der Waals surface area contributed by atoms with Crippen molar-refractivity contribution in [2.24, 2.45) is 0 Å². The average molecular weight is 387 g/mol. The van der Waals surface area contributed by atoms with Crippen molar-refractivity contribution >= 4 is 29.0 Å². The van der Waals surface area contributed by atoms with Crippen molar-refractivity contribution in [3.8, 4) is 0 Å². The number of hydrogen-bond donors (Lipinski definition) is 2. The Balaban J connectivity index is 1.72. The molecule has 146 valence electrons. The molecule has 29 heavy (non-hydrogen) atoms. The van der Waals surface area contributed by atoms with Crippen LogP contribution in [0.15, 0.2) is 60.8 Å². The molecule has 0 atom stereocenters. The largest absolute Gasteiger partial charge is 0.322 e. The van der Waals surface area contributed by atoms with Crippen LogP contribution in [0.2, 0.25) is 0 Å². The number of aromatic nitrogens is 1. The maximum Gasteiger partial charge on any atom is 0.274 e. The van der Waals surface area contributed by atoms with Gasteiger partial charge < -0.3 is 10.6 Å². The molecular weight excluding hydrogens is 366 g/mol. The highest BCUT2D eigenvalue weighted by Crippen LogP contribution is 2.16. The summed E-state index contributed by atoms with van der Waals surface area (Å²) in [6.07, 6.45) is 1.42. The number of Topliss-reactive ketones (excluding diaryl/α,β-unsaturated/α-hetero) is 1. The first kappa shape index (κ1) is 19.9. The molecule has 0 unspecified atom stereocenters. The first-order valence-corrected chi connectivity index (χ1v) is 9.10. The summed E-state index contributed by atoms with van der Waals surface area (Å²) in [6.45, 7) is 5.46. The van der Waals surface area contributed by atoms with E-state index in [-0.39, 0.29) is 17.4 Å². The van der Waals surface area contributed by atoms with Gasteiger partial charge in [-0.1, -0.05) is 6.07 Å². The second-order valence-electron chi connectivity index (χ2n) is 6.77. The third-order valence-electron chi connectivity index (χ3n) is 4.57. The van der Waals surface area contributed by atoms with Gasteiger partial charge in [-0.3, -0.25) is 19.4 Å². The lowest BCUT2D eigenvalue weighted by atomic mass is 10.1. The van der Waals surface area contributed by atoms with E-state index in [2.05, 4.69) is 15.6 Å². The molecular formula is C23H21N3O3. The van der Waals surface area contributed by atoms with Crippen molar-refractivity contribution in [2.45, 2.75) is 20.8 Å². The molecule has 3 aromatic rings. The summed E-state index contributed by atoms with van der Waals surface area (Å²) in [7, 11) is 0. The Morgan fingerprint density at radius 2 is 1.38 bits per heavy atom. The van der Waals surface area contributed by atoms with Gasteiger partial charge in [0, 0.05) is 28.7 Å². The van der Waals surface area contributed by atoms with Crippen LogP contribution >= 0.6 is 0 Å². The van der Waals surface area contributed by atoms with Gasteiger partial charge in [-0.25, -0.2) is 0 Å². The number of hydrogen-bond acceptors (Lipinski definition) is 4. The average Bonchev–Trinajstić information content (AvgIpc) is 2.71.